The molecular weight excluding hydrogens is 188 g/mol. The van der Waals surface area contributed by atoms with Crippen molar-refractivity contribution < 1.29 is 4.74 Å². The Balaban J connectivity index is 2.25. The second-order valence-electron chi connectivity index (χ2n) is 3.93. The number of imidazole rings is 1. The smallest absolute Gasteiger partial charge is 0.151 e. The highest BCUT2D eigenvalue weighted by Gasteiger charge is 2.17. The molecule has 0 radical (unpaired) electrons. The van der Waals surface area contributed by atoms with Crippen LogP contribution in [-0.2, 0) is 6.61 Å². The number of fused-ring (bicyclic) bond motifs is 3. The molecule has 2 heterocycles. The minimum Gasteiger partial charge on any atom is -0.483 e. The van der Waals surface area contributed by atoms with Crippen molar-refractivity contribution in [2.24, 2.45) is 0 Å². The molecule has 1 aromatic carbocycles. The van der Waals surface area contributed by atoms with E-state index in [1.54, 1.807) is 0 Å². The molecular formula is C12H12N2O. The summed E-state index contributed by atoms with van der Waals surface area (Å²) in [6.45, 7) is 4.63. The highest BCUT2D eigenvalue weighted by atomic mass is 16.5. The zero-order valence-corrected chi connectivity index (χ0v) is 8.82. The normalized spacial score (nSPS) is 12.9. The number of aryl methyl sites for hydroxylation is 2. The quantitative estimate of drug-likeness (QED) is 0.652. The molecule has 0 unspecified atom stereocenters. The van der Waals surface area contributed by atoms with Crippen molar-refractivity contribution in [2.75, 3.05) is 0 Å². The van der Waals surface area contributed by atoms with Crippen molar-refractivity contribution in [1.82, 2.24) is 9.55 Å². The minimum atomic E-state index is 0.560. The number of hydrogen-bond acceptors (Lipinski definition) is 2. The molecule has 3 rings (SSSR count). The molecule has 1 aromatic heterocycles. The number of benzene rings is 1. The molecule has 0 aliphatic carbocycles. The third-order valence-electron chi connectivity index (χ3n) is 2.63. The van der Waals surface area contributed by atoms with Gasteiger partial charge in [0.15, 0.2) is 5.82 Å². The zero-order chi connectivity index (χ0) is 10.4. The summed E-state index contributed by atoms with van der Waals surface area (Å²) in [6, 6.07) is 6.23. The van der Waals surface area contributed by atoms with Crippen molar-refractivity contribution >= 4 is 0 Å². The lowest BCUT2D eigenvalue weighted by atomic mass is 10.2. The van der Waals surface area contributed by atoms with Crippen LogP contribution in [0, 0.1) is 13.8 Å². The van der Waals surface area contributed by atoms with Gasteiger partial charge in [0.1, 0.15) is 12.4 Å². The Bertz CT molecular complexity index is 528. The monoisotopic (exact) mass is 200 g/mol. The van der Waals surface area contributed by atoms with Gasteiger partial charge in [-0.1, -0.05) is 6.07 Å². The molecule has 0 spiro atoms. The minimum absolute atomic E-state index is 0.560. The summed E-state index contributed by atoms with van der Waals surface area (Å²) in [5.41, 5.74) is 3.33. The fraction of sp³-hybridized carbons (Fsp3) is 0.250. The molecule has 3 nitrogen and oxygen atoms in total. The summed E-state index contributed by atoms with van der Waals surface area (Å²) in [6.07, 6.45) is 2.05. The molecule has 0 amide bonds. The first kappa shape index (κ1) is 8.53. The molecule has 2 aromatic rings. The van der Waals surface area contributed by atoms with Gasteiger partial charge in [-0.2, -0.15) is 0 Å². The van der Waals surface area contributed by atoms with E-state index in [2.05, 4.69) is 34.7 Å². The van der Waals surface area contributed by atoms with E-state index in [4.69, 9.17) is 4.74 Å². The maximum absolute atomic E-state index is 5.66. The van der Waals surface area contributed by atoms with Gasteiger partial charge in [0, 0.05) is 6.20 Å². The molecule has 3 heteroatoms. The lowest BCUT2D eigenvalue weighted by Gasteiger charge is -2.19. The number of rotatable bonds is 0. The highest BCUT2D eigenvalue weighted by Crippen LogP contribution is 2.30. The van der Waals surface area contributed by atoms with Crippen molar-refractivity contribution in [3.8, 4) is 11.4 Å². The van der Waals surface area contributed by atoms with E-state index in [1.807, 2.05) is 13.1 Å². The number of ether oxygens (including phenoxy) is 1. The Kier molecular flexibility index (Phi) is 1.63. The Labute approximate surface area is 88.3 Å². The fourth-order valence-electron chi connectivity index (χ4n) is 1.94. The second kappa shape index (κ2) is 2.86. The fourth-order valence-corrected chi connectivity index (χ4v) is 1.94. The van der Waals surface area contributed by atoms with E-state index >= 15 is 0 Å². The second-order valence-corrected chi connectivity index (χ2v) is 3.93. The maximum atomic E-state index is 5.66. The van der Waals surface area contributed by atoms with Crippen molar-refractivity contribution in [3.05, 3.63) is 41.5 Å². The lowest BCUT2D eigenvalue weighted by Crippen LogP contribution is -2.12. The topological polar surface area (TPSA) is 27.1 Å². The predicted octanol–water partition coefficient (Wildman–Crippen LogP) is 2.38. The van der Waals surface area contributed by atoms with Crippen molar-refractivity contribution in [3.63, 3.8) is 0 Å². The Hall–Kier alpha value is -1.77. The standard InChI is InChI=1S/C12H12N2O/c1-8-3-4-10-11(5-8)15-7-12-13-9(2)6-14(10)12/h3-6H,7H2,1-2H3. The maximum Gasteiger partial charge on any atom is 0.151 e. The number of aromatic nitrogens is 2. The van der Waals surface area contributed by atoms with Crippen LogP contribution >= 0.6 is 0 Å². The van der Waals surface area contributed by atoms with Crippen LogP contribution in [-0.4, -0.2) is 9.55 Å². The first-order chi connectivity index (χ1) is 7.24. The average Bonchev–Trinajstić information content (AvgIpc) is 2.58. The summed E-state index contributed by atoms with van der Waals surface area (Å²) >= 11 is 0. The van der Waals surface area contributed by atoms with Crippen LogP contribution in [0.4, 0.5) is 0 Å². The molecule has 0 bridgehead atoms. The summed E-state index contributed by atoms with van der Waals surface area (Å²) in [5, 5.41) is 0. The van der Waals surface area contributed by atoms with Crippen LogP contribution in [0.25, 0.3) is 5.69 Å². The van der Waals surface area contributed by atoms with E-state index in [1.165, 1.54) is 5.56 Å². The highest BCUT2D eigenvalue weighted by molar-refractivity contribution is 5.51. The molecule has 76 valence electrons. The van der Waals surface area contributed by atoms with Crippen LogP contribution in [0.1, 0.15) is 17.1 Å². The zero-order valence-electron chi connectivity index (χ0n) is 8.82. The van der Waals surface area contributed by atoms with E-state index in [0.29, 0.717) is 6.61 Å². The lowest BCUT2D eigenvalue weighted by molar-refractivity contribution is 0.279. The summed E-state index contributed by atoms with van der Waals surface area (Å²) in [7, 11) is 0. The van der Waals surface area contributed by atoms with Gasteiger partial charge in [-0.15, -0.1) is 0 Å². The number of nitrogens with zero attached hydrogens (tertiary/aromatic N) is 2. The Morgan fingerprint density at radius 2 is 2.20 bits per heavy atom. The molecule has 1 aliphatic heterocycles. The van der Waals surface area contributed by atoms with Gasteiger partial charge >= 0.3 is 0 Å². The molecule has 15 heavy (non-hydrogen) atoms. The third-order valence-corrected chi connectivity index (χ3v) is 2.63. The van der Waals surface area contributed by atoms with Crippen molar-refractivity contribution in [2.45, 2.75) is 20.5 Å². The van der Waals surface area contributed by atoms with Gasteiger partial charge < -0.3 is 4.74 Å². The van der Waals surface area contributed by atoms with Gasteiger partial charge in [-0.05, 0) is 31.5 Å². The van der Waals surface area contributed by atoms with E-state index in [9.17, 15) is 0 Å². The first-order valence-electron chi connectivity index (χ1n) is 5.03. The van der Waals surface area contributed by atoms with Crippen LogP contribution < -0.4 is 4.74 Å². The average molecular weight is 200 g/mol. The van der Waals surface area contributed by atoms with E-state index in [-0.39, 0.29) is 0 Å². The van der Waals surface area contributed by atoms with E-state index in [0.717, 1.165) is 23.0 Å². The predicted molar refractivity (Wildman–Crippen MR) is 57.4 cm³/mol. The molecule has 0 fully saturated rings. The Morgan fingerprint density at radius 1 is 1.33 bits per heavy atom. The van der Waals surface area contributed by atoms with Crippen molar-refractivity contribution in [1.29, 1.82) is 0 Å². The van der Waals surface area contributed by atoms with Gasteiger partial charge in [0.2, 0.25) is 0 Å². The Morgan fingerprint density at radius 3 is 3.07 bits per heavy atom. The van der Waals surface area contributed by atoms with Crippen LogP contribution in [0.5, 0.6) is 5.75 Å². The summed E-state index contributed by atoms with van der Waals surface area (Å²) < 4.78 is 7.77. The van der Waals surface area contributed by atoms with Gasteiger partial charge in [0.05, 0.1) is 11.4 Å². The molecule has 0 atom stereocenters. The molecule has 0 saturated carbocycles. The van der Waals surface area contributed by atoms with Gasteiger partial charge in [0.25, 0.3) is 0 Å². The summed E-state index contributed by atoms with van der Waals surface area (Å²) in [4.78, 5) is 4.41. The van der Waals surface area contributed by atoms with E-state index < -0.39 is 0 Å². The molecule has 0 N–H and O–H groups in total. The molecule has 0 saturated heterocycles. The SMILES string of the molecule is Cc1ccc2c(c1)OCc1nc(C)cn1-2. The van der Waals surface area contributed by atoms with Crippen LogP contribution in [0.3, 0.4) is 0 Å². The molecule has 1 aliphatic rings. The largest absolute Gasteiger partial charge is 0.483 e. The van der Waals surface area contributed by atoms with Crippen LogP contribution in [0.2, 0.25) is 0 Å². The van der Waals surface area contributed by atoms with Gasteiger partial charge in [-0.25, -0.2) is 4.98 Å². The number of hydrogen-bond donors (Lipinski definition) is 0. The summed E-state index contributed by atoms with van der Waals surface area (Å²) in [5.74, 6) is 1.92. The third kappa shape index (κ3) is 1.23. The van der Waals surface area contributed by atoms with Crippen LogP contribution in [0.15, 0.2) is 24.4 Å². The first-order valence-corrected chi connectivity index (χ1v) is 5.03. The van der Waals surface area contributed by atoms with Gasteiger partial charge in [-0.3, -0.25) is 4.57 Å².